The molecule has 49 heavy (non-hydrogen) atoms. The number of para-hydroxylation sites is 1. The van der Waals surface area contributed by atoms with Crippen LogP contribution in [0.3, 0.4) is 0 Å². The van der Waals surface area contributed by atoms with Gasteiger partial charge in [0.1, 0.15) is 0 Å². The van der Waals surface area contributed by atoms with Gasteiger partial charge >= 0.3 is 285 Å². The van der Waals surface area contributed by atoms with Crippen molar-refractivity contribution in [2.24, 2.45) is 0 Å². The summed E-state index contributed by atoms with van der Waals surface area (Å²) in [5, 5.41) is 7.66. The molecule has 0 saturated carbocycles. The van der Waals surface area contributed by atoms with Crippen molar-refractivity contribution < 1.29 is 4.42 Å². The molecule has 230 valence electrons. The maximum absolute atomic E-state index is 6.25. The van der Waals surface area contributed by atoms with E-state index in [1.807, 2.05) is 12.1 Å². The van der Waals surface area contributed by atoms with Gasteiger partial charge in [-0.15, -0.1) is 0 Å². The minimum atomic E-state index is 0.203. The Labute approximate surface area is 289 Å². The third-order valence-electron chi connectivity index (χ3n) is 9.65. The molecule has 0 atom stereocenters. The molecule has 0 N–H and O–H groups in total. The third kappa shape index (κ3) is 4.70. The number of fused-ring (bicyclic) bond motifs is 8. The van der Waals surface area contributed by atoms with Crippen LogP contribution in [0.2, 0.25) is 0 Å². The molecule has 0 aliphatic carbocycles. The van der Waals surface area contributed by atoms with E-state index in [9.17, 15) is 0 Å². The Kier molecular flexibility index (Phi) is 6.55. The molecule has 2 heterocycles. The van der Waals surface area contributed by atoms with Crippen LogP contribution in [0.1, 0.15) is 0 Å². The van der Waals surface area contributed by atoms with E-state index in [1.165, 1.54) is 52.3 Å². The fraction of sp³-hybridized carbons (Fsp3) is 0. The molecule has 2 aromatic heterocycles. The molecule has 0 unspecified atom stereocenters. The average Bonchev–Trinajstić information content (AvgIpc) is 3.73. The summed E-state index contributed by atoms with van der Waals surface area (Å²) in [7, 11) is 0. The van der Waals surface area contributed by atoms with E-state index >= 15 is 0 Å². The summed E-state index contributed by atoms with van der Waals surface area (Å²) in [5.74, 6) is 0. The monoisotopic (exact) mass is 691 g/mol. The van der Waals surface area contributed by atoms with Crippen LogP contribution in [-0.4, -0.2) is 14.5 Å². The second-order valence-electron chi connectivity index (χ2n) is 12.5. The summed E-state index contributed by atoms with van der Waals surface area (Å²) in [5.41, 5.74) is 10.0. The molecular weight excluding hydrogens is 661 g/mol. The summed E-state index contributed by atoms with van der Waals surface area (Å²) < 4.78 is 9.15. The van der Waals surface area contributed by atoms with E-state index in [2.05, 4.69) is 169 Å². The Bertz CT molecular complexity index is 2840. The average molecular weight is 691 g/mol. The Morgan fingerprint density at radius 2 is 1.04 bits per heavy atom. The molecule has 0 aliphatic heterocycles. The van der Waals surface area contributed by atoms with Crippen molar-refractivity contribution in [3.05, 3.63) is 176 Å². The first kappa shape index (κ1) is 28.2. The number of furan rings is 1. The molecule has 0 aliphatic rings. The van der Waals surface area contributed by atoms with E-state index < -0.39 is 0 Å². The van der Waals surface area contributed by atoms with Gasteiger partial charge in [-0.2, -0.15) is 0 Å². The van der Waals surface area contributed by atoms with Crippen LogP contribution < -0.4 is 4.90 Å². The number of anilines is 3. The van der Waals surface area contributed by atoms with E-state index in [1.54, 1.807) is 0 Å². The van der Waals surface area contributed by atoms with E-state index in [4.69, 9.17) is 4.42 Å². The SMILES string of the molecule is c1ccc(-c2ccccc2-c2cccc(N(c3ccc4c(c3)[se]c3c5ccccc5ccc43)c3ccc4oc5ccccc5c4c3)c2)cc1. The summed E-state index contributed by atoms with van der Waals surface area (Å²) in [6.45, 7) is 0. The van der Waals surface area contributed by atoms with Crippen LogP contribution >= 0.6 is 0 Å². The van der Waals surface area contributed by atoms with Crippen molar-refractivity contribution in [2.45, 2.75) is 0 Å². The third-order valence-corrected chi connectivity index (χ3v) is 12.2. The van der Waals surface area contributed by atoms with Crippen molar-refractivity contribution in [1.82, 2.24) is 0 Å². The van der Waals surface area contributed by atoms with Crippen molar-refractivity contribution in [3.63, 3.8) is 0 Å². The second kappa shape index (κ2) is 11.4. The zero-order valence-corrected chi connectivity index (χ0v) is 28.2. The van der Waals surface area contributed by atoms with Crippen LogP contribution in [0.5, 0.6) is 0 Å². The van der Waals surface area contributed by atoms with Crippen molar-refractivity contribution in [3.8, 4) is 22.3 Å². The first-order valence-electron chi connectivity index (χ1n) is 16.6. The molecule has 0 amide bonds. The Morgan fingerprint density at radius 3 is 1.94 bits per heavy atom. The van der Waals surface area contributed by atoms with Gasteiger partial charge in [0.05, 0.1) is 0 Å². The first-order chi connectivity index (χ1) is 24.3. The fourth-order valence-electron chi connectivity index (χ4n) is 7.35. The molecule has 10 rings (SSSR count). The van der Waals surface area contributed by atoms with Gasteiger partial charge in [-0.3, -0.25) is 0 Å². The zero-order chi connectivity index (χ0) is 32.3. The number of benzene rings is 8. The maximum atomic E-state index is 6.25. The van der Waals surface area contributed by atoms with Gasteiger partial charge in [0.25, 0.3) is 0 Å². The second-order valence-corrected chi connectivity index (χ2v) is 14.7. The molecule has 0 spiro atoms. The summed E-state index contributed by atoms with van der Waals surface area (Å²) in [6.07, 6.45) is 0. The summed E-state index contributed by atoms with van der Waals surface area (Å²) >= 11 is 0.203. The molecule has 0 bridgehead atoms. The van der Waals surface area contributed by atoms with Crippen LogP contribution in [0.15, 0.2) is 180 Å². The van der Waals surface area contributed by atoms with Crippen LogP contribution in [0, 0.1) is 0 Å². The van der Waals surface area contributed by atoms with Crippen LogP contribution in [0.4, 0.5) is 17.1 Å². The van der Waals surface area contributed by atoms with Gasteiger partial charge in [0, 0.05) is 0 Å². The van der Waals surface area contributed by atoms with Gasteiger partial charge in [-0.05, 0) is 0 Å². The quantitative estimate of drug-likeness (QED) is 0.167. The topological polar surface area (TPSA) is 16.4 Å². The van der Waals surface area contributed by atoms with Crippen molar-refractivity contribution in [1.29, 1.82) is 0 Å². The molecule has 2 nitrogen and oxygen atoms in total. The number of hydrogen-bond acceptors (Lipinski definition) is 2. The van der Waals surface area contributed by atoms with Gasteiger partial charge < -0.3 is 0 Å². The molecule has 3 heteroatoms. The predicted octanol–water partition coefficient (Wildman–Crippen LogP) is 12.9. The van der Waals surface area contributed by atoms with E-state index in [-0.39, 0.29) is 14.5 Å². The molecule has 0 radical (unpaired) electrons. The fourth-order valence-corrected chi connectivity index (χ4v) is 10.0. The van der Waals surface area contributed by atoms with Gasteiger partial charge in [-0.1, -0.05) is 6.07 Å². The molecule has 8 aromatic carbocycles. The van der Waals surface area contributed by atoms with Crippen molar-refractivity contribution >= 4 is 83.6 Å². The Hall–Kier alpha value is -5.86. The molecular formula is C46H29NOSe. The minimum absolute atomic E-state index is 0.203. The van der Waals surface area contributed by atoms with E-state index in [0.29, 0.717) is 0 Å². The first-order valence-corrected chi connectivity index (χ1v) is 18.3. The van der Waals surface area contributed by atoms with Gasteiger partial charge in [-0.25, -0.2) is 0 Å². The number of rotatable bonds is 5. The van der Waals surface area contributed by atoms with Crippen LogP contribution in [-0.2, 0) is 0 Å². The van der Waals surface area contributed by atoms with Crippen molar-refractivity contribution in [2.75, 3.05) is 4.90 Å². The van der Waals surface area contributed by atoms with Crippen LogP contribution in [0.25, 0.3) is 74.3 Å². The summed E-state index contributed by atoms with van der Waals surface area (Å²) in [6, 6.07) is 63.7. The number of hydrogen-bond donors (Lipinski definition) is 0. The normalized spacial score (nSPS) is 11.7. The molecule has 0 fully saturated rings. The van der Waals surface area contributed by atoms with E-state index in [0.717, 1.165) is 39.0 Å². The predicted molar refractivity (Wildman–Crippen MR) is 209 cm³/mol. The molecule has 10 aromatic rings. The Balaban J connectivity index is 1.19. The van der Waals surface area contributed by atoms with Gasteiger partial charge in [0.15, 0.2) is 0 Å². The number of nitrogens with zero attached hydrogens (tertiary/aromatic N) is 1. The summed E-state index contributed by atoms with van der Waals surface area (Å²) in [4.78, 5) is 2.41. The van der Waals surface area contributed by atoms with Gasteiger partial charge in [0.2, 0.25) is 0 Å². The molecule has 0 saturated heterocycles. The Morgan fingerprint density at radius 1 is 0.388 bits per heavy atom. The zero-order valence-electron chi connectivity index (χ0n) is 26.5. The standard InChI is InChI=1S/C46H29NOSe/c1-2-11-30(12-3-1)36-16-6-7-17-37(36)32-14-10-15-33(27-32)47(34-23-26-44-42(28-34)39-19-8-9-20-43(39)48-44)35-22-25-40-41-24-21-31-13-4-5-18-38(31)46(41)49-45(40)29-35/h1-29H.